The molecule has 0 unspecified atom stereocenters. The Morgan fingerprint density at radius 1 is 0.923 bits per heavy atom. The lowest BCUT2D eigenvalue weighted by Crippen LogP contribution is -2.29. The quantitative estimate of drug-likeness (QED) is 0.722. The Morgan fingerprint density at radius 2 is 1.65 bits per heavy atom. The van der Waals surface area contributed by atoms with Crippen LogP contribution >= 0.6 is 0 Å². The van der Waals surface area contributed by atoms with Crippen molar-refractivity contribution in [1.29, 1.82) is 0 Å². The number of aliphatic hydroxyl groups is 1. The van der Waals surface area contributed by atoms with Crippen molar-refractivity contribution in [3.05, 3.63) is 77.4 Å². The summed E-state index contributed by atoms with van der Waals surface area (Å²) in [4.78, 5) is 0. The summed E-state index contributed by atoms with van der Waals surface area (Å²) in [7, 11) is 0. The van der Waals surface area contributed by atoms with Crippen LogP contribution in [0.3, 0.4) is 0 Å². The van der Waals surface area contributed by atoms with E-state index >= 15 is 0 Å². The van der Waals surface area contributed by atoms with E-state index in [0.29, 0.717) is 12.8 Å². The molecular formula is C23H24O3. The van der Waals surface area contributed by atoms with Gasteiger partial charge >= 0.3 is 0 Å². The monoisotopic (exact) mass is 348 g/mol. The second-order valence-corrected chi connectivity index (χ2v) is 7.32. The van der Waals surface area contributed by atoms with Crippen molar-refractivity contribution < 1.29 is 14.9 Å². The first-order chi connectivity index (χ1) is 12.6. The lowest BCUT2D eigenvalue weighted by molar-refractivity contribution is -0.0901. The Morgan fingerprint density at radius 3 is 2.35 bits per heavy atom. The molecule has 1 aliphatic heterocycles. The Balaban J connectivity index is 1.60. The van der Waals surface area contributed by atoms with Crippen molar-refractivity contribution in [3.8, 4) is 16.9 Å². The topological polar surface area (TPSA) is 49.7 Å². The number of aliphatic hydroxyl groups excluding tert-OH is 1. The van der Waals surface area contributed by atoms with E-state index in [1.54, 1.807) is 6.07 Å². The lowest BCUT2D eigenvalue weighted by Gasteiger charge is -2.32. The normalized spacial score (nSPS) is 23.2. The third-order valence-electron chi connectivity index (χ3n) is 5.12. The van der Waals surface area contributed by atoms with Gasteiger partial charge < -0.3 is 14.9 Å². The molecule has 3 heteroatoms. The van der Waals surface area contributed by atoms with Crippen LogP contribution in [0.2, 0.25) is 0 Å². The molecule has 1 heterocycles. The number of aromatic hydroxyl groups is 1. The van der Waals surface area contributed by atoms with Crippen LogP contribution in [0.15, 0.2) is 60.7 Å². The Kier molecular flexibility index (Phi) is 4.66. The predicted molar refractivity (Wildman–Crippen MR) is 103 cm³/mol. The summed E-state index contributed by atoms with van der Waals surface area (Å²) < 4.78 is 5.97. The van der Waals surface area contributed by atoms with Crippen molar-refractivity contribution in [3.63, 3.8) is 0 Å². The van der Waals surface area contributed by atoms with Crippen molar-refractivity contribution in [2.24, 2.45) is 0 Å². The zero-order valence-corrected chi connectivity index (χ0v) is 14.9. The summed E-state index contributed by atoms with van der Waals surface area (Å²) in [5.41, 5.74) is 5.62. The minimum absolute atomic E-state index is 0.00656. The Hall–Kier alpha value is -2.36. The van der Waals surface area contributed by atoms with E-state index < -0.39 is 0 Å². The van der Waals surface area contributed by atoms with Crippen LogP contribution in [0.4, 0.5) is 0 Å². The van der Waals surface area contributed by atoms with Gasteiger partial charge in [-0.15, -0.1) is 0 Å². The summed E-state index contributed by atoms with van der Waals surface area (Å²) in [5, 5.41) is 20.4. The molecule has 134 valence electrons. The highest BCUT2D eigenvalue weighted by Gasteiger charge is 2.28. The molecule has 3 atom stereocenters. The van der Waals surface area contributed by atoms with Crippen LogP contribution in [-0.2, 0) is 11.2 Å². The van der Waals surface area contributed by atoms with Gasteiger partial charge in [0.1, 0.15) is 5.75 Å². The smallest absolute Gasteiger partial charge is 0.121 e. The second kappa shape index (κ2) is 7.10. The van der Waals surface area contributed by atoms with Crippen molar-refractivity contribution >= 4 is 0 Å². The van der Waals surface area contributed by atoms with Crippen LogP contribution in [0, 0.1) is 0 Å². The number of hydrogen-bond acceptors (Lipinski definition) is 3. The molecule has 1 fully saturated rings. The van der Waals surface area contributed by atoms with E-state index in [1.165, 1.54) is 16.7 Å². The van der Waals surface area contributed by atoms with Crippen molar-refractivity contribution in [2.75, 3.05) is 0 Å². The van der Waals surface area contributed by atoms with E-state index in [0.717, 1.165) is 17.5 Å². The van der Waals surface area contributed by atoms with Crippen LogP contribution in [0.1, 0.15) is 42.6 Å². The van der Waals surface area contributed by atoms with E-state index in [4.69, 9.17) is 4.74 Å². The molecule has 0 spiro atoms. The molecule has 3 nitrogen and oxygen atoms in total. The third kappa shape index (κ3) is 3.59. The molecule has 4 rings (SSSR count). The minimum atomic E-state index is -0.382. The fourth-order valence-corrected chi connectivity index (χ4v) is 3.91. The number of phenolic OH excluding ortho intramolecular Hbond substituents is 1. The van der Waals surface area contributed by atoms with Crippen molar-refractivity contribution in [1.82, 2.24) is 0 Å². The predicted octanol–water partition coefficient (Wildman–Crippen LogP) is 4.69. The maximum Gasteiger partial charge on any atom is 0.121 e. The summed E-state index contributed by atoms with van der Waals surface area (Å²) in [6.45, 7) is 1.96. The standard InChI is InChI=1S/C23H24O3/c1-15-9-20(24)14-23(26-15)21-13-16(7-8-22(21)25)10-17-11-18-5-3-2-4-6-19(18)12-17/h2-8,11-13,15,20,23-25H,9-10,14H2,1H3/t15-,20+,23-/m1/s1. The van der Waals surface area contributed by atoms with Gasteiger partial charge in [-0.25, -0.2) is 0 Å². The van der Waals surface area contributed by atoms with E-state index in [-0.39, 0.29) is 24.1 Å². The lowest BCUT2D eigenvalue weighted by atomic mass is 9.94. The van der Waals surface area contributed by atoms with Gasteiger partial charge in [-0.1, -0.05) is 48.5 Å². The SMILES string of the molecule is C[C@@H]1C[C@H](O)C[C@H](c2cc(Cc3cc4cccccc-4c3)ccc2O)O1. The number of hydrogen-bond donors (Lipinski definition) is 2. The second-order valence-electron chi connectivity index (χ2n) is 7.32. The van der Waals surface area contributed by atoms with Crippen LogP contribution < -0.4 is 0 Å². The number of phenols is 1. The van der Waals surface area contributed by atoms with Gasteiger partial charge in [0.05, 0.1) is 18.3 Å². The molecule has 1 saturated heterocycles. The molecule has 2 N–H and O–H groups in total. The number of ether oxygens (including phenoxy) is 1. The summed E-state index contributed by atoms with van der Waals surface area (Å²) in [6, 6.07) is 20.5. The zero-order valence-electron chi connectivity index (χ0n) is 14.9. The molecule has 26 heavy (non-hydrogen) atoms. The van der Waals surface area contributed by atoms with Gasteiger partial charge in [-0.05, 0) is 54.2 Å². The van der Waals surface area contributed by atoms with Crippen LogP contribution in [-0.4, -0.2) is 22.4 Å². The molecule has 3 aliphatic rings. The average Bonchev–Trinajstić information content (AvgIpc) is 2.84. The Bertz CT molecular complexity index is 832. The van der Waals surface area contributed by atoms with Gasteiger partial charge in [0.2, 0.25) is 0 Å². The largest absolute Gasteiger partial charge is 0.508 e. The molecular weight excluding hydrogens is 324 g/mol. The first-order valence-corrected chi connectivity index (χ1v) is 9.21. The molecule has 0 amide bonds. The van der Waals surface area contributed by atoms with Crippen LogP contribution in [0.25, 0.3) is 11.1 Å². The van der Waals surface area contributed by atoms with Gasteiger partial charge in [0, 0.05) is 12.0 Å². The molecule has 1 aromatic rings. The van der Waals surface area contributed by atoms with Gasteiger partial charge in [0.25, 0.3) is 0 Å². The first-order valence-electron chi connectivity index (χ1n) is 9.21. The van der Waals surface area contributed by atoms with E-state index in [2.05, 4.69) is 36.4 Å². The zero-order chi connectivity index (χ0) is 18.1. The fraction of sp³-hybridized carbons (Fsp3) is 0.304. The summed E-state index contributed by atoms with van der Waals surface area (Å²) in [5.74, 6) is 0.236. The molecule has 0 saturated carbocycles. The number of benzene rings is 1. The molecule has 0 bridgehead atoms. The molecule has 2 aliphatic carbocycles. The number of rotatable bonds is 3. The van der Waals surface area contributed by atoms with Crippen molar-refractivity contribution in [2.45, 2.75) is 44.5 Å². The average molecular weight is 348 g/mol. The van der Waals surface area contributed by atoms with Gasteiger partial charge in [0.15, 0.2) is 0 Å². The van der Waals surface area contributed by atoms with Gasteiger partial charge in [-0.3, -0.25) is 0 Å². The maximum atomic E-state index is 10.3. The van der Waals surface area contributed by atoms with Gasteiger partial charge in [-0.2, -0.15) is 0 Å². The maximum absolute atomic E-state index is 10.3. The third-order valence-corrected chi connectivity index (χ3v) is 5.12. The minimum Gasteiger partial charge on any atom is -0.508 e. The molecule has 0 aromatic heterocycles. The highest BCUT2D eigenvalue weighted by Crippen LogP contribution is 2.37. The highest BCUT2D eigenvalue weighted by atomic mass is 16.5. The first kappa shape index (κ1) is 17.1. The Labute approximate surface area is 154 Å². The molecule has 0 radical (unpaired) electrons. The summed E-state index contributed by atoms with van der Waals surface area (Å²) >= 11 is 0. The summed E-state index contributed by atoms with van der Waals surface area (Å²) in [6.07, 6.45) is 1.33. The fourth-order valence-electron chi connectivity index (χ4n) is 3.91. The number of fused-ring (bicyclic) bond motifs is 1. The highest BCUT2D eigenvalue weighted by molar-refractivity contribution is 5.68. The molecule has 1 aromatic carbocycles. The van der Waals surface area contributed by atoms with Crippen LogP contribution in [0.5, 0.6) is 5.75 Å². The van der Waals surface area contributed by atoms with E-state index in [9.17, 15) is 10.2 Å². The van der Waals surface area contributed by atoms with E-state index in [1.807, 2.05) is 25.1 Å².